The number of aryl methyl sites for hydroxylation is 1. The van der Waals surface area contributed by atoms with Crippen LogP contribution in [0.15, 0.2) is 30.3 Å². The van der Waals surface area contributed by atoms with E-state index < -0.39 is 0 Å². The number of thioether (sulfide) groups is 1. The number of para-hydroxylation sites is 1. The van der Waals surface area contributed by atoms with Gasteiger partial charge in [-0.05, 0) is 26.0 Å². The van der Waals surface area contributed by atoms with Gasteiger partial charge in [0.05, 0.1) is 11.4 Å². The van der Waals surface area contributed by atoms with E-state index in [0.29, 0.717) is 12.6 Å². The van der Waals surface area contributed by atoms with Gasteiger partial charge in [0.25, 0.3) is 0 Å². The van der Waals surface area contributed by atoms with Gasteiger partial charge >= 0.3 is 0 Å². The number of benzene rings is 1. The van der Waals surface area contributed by atoms with Crippen LogP contribution in [0.1, 0.15) is 18.2 Å². The summed E-state index contributed by atoms with van der Waals surface area (Å²) in [5.74, 6) is 3.49. The summed E-state index contributed by atoms with van der Waals surface area (Å²) >= 11 is 2.02. The predicted molar refractivity (Wildman–Crippen MR) is 90.3 cm³/mol. The van der Waals surface area contributed by atoms with Gasteiger partial charge in [0.1, 0.15) is 5.82 Å². The molecular weight excluding hydrogens is 280 g/mol. The lowest BCUT2D eigenvalue weighted by Gasteiger charge is -2.35. The van der Waals surface area contributed by atoms with Crippen molar-refractivity contribution < 1.29 is 0 Å². The zero-order valence-corrected chi connectivity index (χ0v) is 13.4. The molecule has 0 amide bonds. The molecule has 1 atom stereocenters. The second-order valence-electron chi connectivity index (χ2n) is 5.46. The normalized spacial score (nSPS) is 19.0. The topological polar surface area (TPSA) is 47.1 Å². The van der Waals surface area contributed by atoms with Gasteiger partial charge in [-0.2, -0.15) is 16.9 Å². The first-order valence-corrected chi connectivity index (χ1v) is 8.56. The van der Waals surface area contributed by atoms with Crippen LogP contribution in [-0.4, -0.2) is 33.9 Å². The van der Waals surface area contributed by atoms with E-state index in [4.69, 9.17) is 10.8 Å². The molecule has 0 bridgehead atoms. The zero-order chi connectivity index (χ0) is 14.8. The van der Waals surface area contributed by atoms with Gasteiger partial charge in [0, 0.05) is 36.2 Å². The predicted octanol–water partition coefficient (Wildman–Crippen LogP) is 2.58. The molecule has 1 aliphatic rings. The molecule has 21 heavy (non-hydrogen) atoms. The molecule has 0 spiro atoms. The summed E-state index contributed by atoms with van der Waals surface area (Å²) < 4.78 is 2.06. The van der Waals surface area contributed by atoms with Gasteiger partial charge in [-0.25, -0.2) is 4.68 Å². The van der Waals surface area contributed by atoms with E-state index in [1.807, 2.05) is 30.0 Å². The zero-order valence-electron chi connectivity index (χ0n) is 12.6. The highest BCUT2D eigenvalue weighted by Crippen LogP contribution is 2.31. The molecule has 0 aliphatic carbocycles. The molecule has 3 rings (SSSR count). The number of nitrogens with two attached hydrogens (primary N) is 1. The molecule has 1 saturated heterocycles. The van der Waals surface area contributed by atoms with Crippen LogP contribution >= 0.6 is 11.8 Å². The summed E-state index contributed by atoms with van der Waals surface area (Å²) in [7, 11) is 0. The van der Waals surface area contributed by atoms with E-state index in [1.54, 1.807) is 0 Å². The molecule has 2 N–H and O–H groups in total. The SMILES string of the molecule is Cc1nn(-c2ccccc2)c(N2CCSCC2C)c1CN. The molecule has 5 heteroatoms. The van der Waals surface area contributed by atoms with Gasteiger partial charge in [0.2, 0.25) is 0 Å². The molecule has 0 radical (unpaired) electrons. The van der Waals surface area contributed by atoms with E-state index in [0.717, 1.165) is 35.0 Å². The fourth-order valence-electron chi connectivity index (χ4n) is 2.87. The molecule has 1 aliphatic heterocycles. The summed E-state index contributed by atoms with van der Waals surface area (Å²) in [4.78, 5) is 2.46. The molecule has 1 aromatic heterocycles. The number of hydrogen-bond donors (Lipinski definition) is 1. The van der Waals surface area contributed by atoms with E-state index >= 15 is 0 Å². The number of rotatable bonds is 3. The number of aromatic nitrogens is 2. The monoisotopic (exact) mass is 302 g/mol. The average molecular weight is 302 g/mol. The molecule has 112 valence electrons. The van der Waals surface area contributed by atoms with Crippen LogP contribution in [-0.2, 0) is 6.54 Å². The Hall–Kier alpha value is -1.46. The maximum atomic E-state index is 6.01. The van der Waals surface area contributed by atoms with Crippen LogP contribution in [0.5, 0.6) is 0 Å². The van der Waals surface area contributed by atoms with Gasteiger partial charge in [0.15, 0.2) is 0 Å². The van der Waals surface area contributed by atoms with Crippen molar-refractivity contribution in [2.24, 2.45) is 5.73 Å². The van der Waals surface area contributed by atoms with Crippen LogP contribution in [0, 0.1) is 6.92 Å². The molecule has 4 nitrogen and oxygen atoms in total. The van der Waals surface area contributed by atoms with Crippen LogP contribution in [0.2, 0.25) is 0 Å². The first kappa shape index (κ1) is 14.5. The first-order chi connectivity index (χ1) is 10.2. The van der Waals surface area contributed by atoms with Gasteiger partial charge in [-0.15, -0.1) is 0 Å². The summed E-state index contributed by atoms with van der Waals surface area (Å²) in [6, 6.07) is 10.8. The summed E-state index contributed by atoms with van der Waals surface area (Å²) in [5, 5.41) is 4.75. The first-order valence-electron chi connectivity index (χ1n) is 7.40. The minimum absolute atomic E-state index is 0.507. The fourth-order valence-corrected chi connectivity index (χ4v) is 3.89. The van der Waals surface area contributed by atoms with Crippen LogP contribution < -0.4 is 10.6 Å². The van der Waals surface area contributed by atoms with Gasteiger partial charge in [-0.3, -0.25) is 0 Å². The summed E-state index contributed by atoms with van der Waals surface area (Å²) in [5.41, 5.74) is 9.30. The number of anilines is 1. The smallest absolute Gasteiger partial charge is 0.137 e. The highest BCUT2D eigenvalue weighted by Gasteiger charge is 2.26. The summed E-state index contributed by atoms with van der Waals surface area (Å²) in [6.07, 6.45) is 0. The maximum absolute atomic E-state index is 6.01. The molecule has 1 aromatic carbocycles. The second-order valence-corrected chi connectivity index (χ2v) is 6.61. The Balaban J connectivity index is 2.12. The average Bonchev–Trinajstić information content (AvgIpc) is 2.85. The Kier molecular flexibility index (Phi) is 4.22. The lowest BCUT2D eigenvalue weighted by atomic mass is 10.2. The quantitative estimate of drug-likeness (QED) is 0.946. The van der Waals surface area contributed by atoms with Gasteiger partial charge < -0.3 is 10.6 Å². The highest BCUT2D eigenvalue weighted by atomic mass is 32.2. The van der Waals surface area contributed by atoms with Crippen molar-refractivity contribution in [2.75, 3.05) is 23.0 Å². The molecule has 2 aromatic rings. The van der Waals surface area contributed by atoms with Crippen molar-refractivity contribution in [3.8, 4) is 5.69 Å². The Morgan fingerprint density at radius 3 is 2.76 bits per heavy atom. The van der Waals surface area contributed by atoms with E-state index in [-0.39, 0.29) is 0 Å². The molecule has 1 fully saturated rings. The maximum Gasteiger partial charge on any atom is 0.137 e. The Morgan fingerprint density at radius 1 is 1.33 bits per heavy atom. The largest absolute Gasteiger partial charge is 0.352 e. The highest BCUT2D eigenvalue weighted by molar-refractivity contribution is 7.99. The molecule has 2 heterocycles. The Bertz CT molecular complexity index is 608. The lowest BCUT2D eigenvalue weighted by Crippen LogP contribution is -2.42. The Morgan fingerprint density at radius 2 is 2.10 bits per heavy atom. The minimum Gasteiger partial charge on any atom is -0.352 e. The van der Waals surface area contributed by atoms with E-state index in [2.05, 4.69) is 35.6 Å². The minimum atomic E-state index is 0.507. The van der Waals surface area contributed by atoms with Crippen LogP contribution in [0.25, 0.3) is 5.69 Å². The van der Waals surface area contributed by atoms with Crippen LogP contribution in [0.4, 0.5) is 5.82 Å². The second kappa shape index (κ2) is 6.12. The van der Waals surface area contributed by atoms with Gasteiger partial charge in [-0.1, -0.05) is 18.2 Å². The fraction of sp³-hybridized carbons (Fsp3) is 0.438. The van der Waals surface area contributed by atoms with Crippen molar-refractivity contribution in [3.05, 3.63) is 41.6 Å². The van der Waals surface area contributed by atoms with E-state index in [1.165, 1.54) is 5.82 Å². The molecule has 1 unspecified atom stereocenters. The van der Waals surface area contributed by atoms with Crippen molar-refractivity contribution in [3.63, 3.8) is 0 Å². The molecule has 0 saturated carbocycles. The standard InChI is InChI=1S/C16H22N4S/c1-12-11-21-9-8-19(12)16-15(10-17)13(2)18-20(16)14-6-4-3-5-7-14/h3-7,12H,8-11,17H2,1-2H3. The lowest BCUT2D eigenvalue weighted by molar-refractivity contribution is 0.667. The van der Waals surface area contributed by atoms with Crippen molar-refractivity contribution >= 4 is 17.6 Å². The third-order valence-corrected chi connectivity index (χ3v) is 5.19. The van der Waals surface area contributed by atoms with Crippen molar-refractivity contribution in [2.45, 2.75) is 26.4 Å². The summed E-state index contributed by atoms with van der Waals surface area (Å²) in [6.45, 7) is 5.92. The molecular formula is C16H22N4S. The third kappa shape index (κ3) is 2.68. The van der Waals surface area contributed by atoms with Crippen molar-refractivity contribution in [1.82, 2.24) is 9.78 Å². The third-order valence-electron chi connectivity index (χ3n) is 4.00. The Labute approximate surface area is 130 Å². The number of nitrogens with zero attached hydrogens (tertiary/aromatic N) is 3. The van der Waals surface area contributed by atoms with Crippen LogP contribution in [0.3, 0.4) is 0 Å². The number of hydrogen-bond acceptors (Lipinski definition) is 4. The van der Waals surface area contributed by atoms with Crippen molar-refractivity contribution in [1.29, 1.82) is 0 Å². The van der Waals surface area contributed by atoms with E-state index in [9.17, 15) is 0 Å².